The smallest absolute Gasteiger partial charge is 0.000560 e. The van der Waals surface area contributed by atoms with Gasteiger partial charge in [-0.3, -0.25) is 0 Å². The summed E-state index contributed by atoms with van der Waals surface area (Å²) in [6, 6.07) is 0. The second-order valence-electron chi connectivity index (χ2n) is 3.73. The first-order valence-electron chi connectivity index (χ1n) is 5.09. The van der Waals surface area contributed by atoms with E-state index in [4.69, 9.17) is 0 Å². The predicted octanol–water partition coefficient (Wildman–Crippen LogP) is 2.42. The summed E-state index contributed by atoms with van der Waals surface area (Å²) in [4.78, 5) is 0. The Balaban J connectivity index is 2.13. The summed E-state index contributed by atoms with van der Waals surface area (Å²) in [6.45, 7) is 7.18. The fraction of sp³-hybridized carbons (Fsp3) is 1.00. The minimum atomic E-state index is 1.01. The molecule has 66 valence electrons. The topological polar surface area (TPSA) is 12.0 Å². The van der Waals surface area contributed by atoms with Gasteiger partial charge >= 0.3 is 0 Å². The van der Waals surface area contributed by atoms with Crippen LogP contribution in [0.2, 0.25) is 0 Å². The second-order valence-corrected chi connectivity index (χ2v) is 3.73. The van der Waals surface area contributed by atoms with Crippen LogP contribution in [0.25, 0.3) is 0 Å². The Morgan fingerprint density at radius 1 is 1.36 bits per heavy atom. The molecule has 1 atom stereocenters. The highest BCUT2D eigenvalue weighted by Gasteiger charge is 2.24. The Bertz CT molecular complexity index is 97.0. The van der Waals surface area contributed by atoms with Gasteiger partial charge in [0.1, 0.15) is 0 Å². The lowest BCUT2D eigenvalue weighted by Crippen LogP contribution is -2.46. The largest absolute Gasteiger partial charge is 0.316 e. The molecule has 1 aliphatic heterocycles. The minimum Gasteiger partial charge on any atom is -0.316 e. The molecule has 0 spiro atoms. The summed E-state index contributed by atoms with van der Waals surface area (Å²) in [5.74, 6) is 2.02. The Labute approximate surface area is 70.6 Å². The molecule has 0 saturated carbocycles. The van der Waals surface area contributed by atoms with Crippen molar-refractivity contribution in [3.8, 4) is 0 Å². The van der Waals surface area contributed by atoms with Crippen molar-refractivity contribution in [1.82, 2.24) is 5.32 Å². The van der Waals surface area contributed by atoms with Crippen LogP contribution < -0.4 is 5.32 Å². The highest BCUT2D eigenvalue weighted by atomic mass is 14.9. The van der Waals surface area contributed by atoms with Crippen LogP contribution in [0.1, 0.15) is 39.5 Å². The van der Waals surface area contributed by atoms with Gasteiger partial charge in [-0.2, -0.15) is 0 Å². The van der Waals surface area contributed by atoms with Crippen LogP contribution in [0.3, 0.4) is 0 Å². The summed E-state index contributed by atoms with van der Waals surface area (Å²) in [6.07, 6.45) is 5.62. The number of nitrogens with one attached hydrogen (secondary N) is 1. The van der Waals surface area contributed by atoms with Crippen LogP contribution in [-0.4, -0.2) is 13.1 Å². The van der Waals surface area contributed by atoms with Gasteiger partial charge < -0.3 is 5.32 Å². The molecule has 1 aliphatic rings. The molecule has 0 aliphatic carbocycles. The lowest BCUT2D eigenvalue weighted by atomic mass is 9.82. The maximum atomic E-state index is 3.35. The third-order valence-corrected chi connectivity index (χ3v) is 2.93. The SMILES string of the molecule is CCCC[C@H](CC)C1CNC1. The van der Waals surface area contributed by atoms with E-state index < -0.39 is 0 Å². The maximum absolute atomic E-state index is 3.35. The van der Waals surface area contributed by atoms with Gasteiger partial charge in [0.2, 0.25) is 0 Å². The van der Waals surface area contributed by atoms with Crippen LogP contribution in [0.4, 0.5) is 0 Å². The van der Waals surface area contributed by atoms with Crippen molar-refractivity contribution in [3.63, 3.8) is 0 Å². The highest BCUT2D eigenvalue weighted by molar-refractivity contribution is 4.80. The van der Waals surface area contributed by atoms with Gasteiger partial charge in [-0.15, -0.1) is 0 Å². The van der Waals surface area contributed by atoms with Crippen LogP contribution in [0.5, 0.6) is 0 Å². The number of rotatable bonds is 5. The number of unbranched alkanes of at least 4 members (excludes halogenated alkanes) is 1. The van der Waals surface area contributed by atoms with Crippen molar-refractivity contribution < 1.29 is 0 Å². The average Bonchev–Trinajstić information content (AvgIpc) is 1.93. The molecule has 1 nitrogen and oxygen atoms in total. The monoisotopic (exact) mass is 155 g/mol. The van der Waals surface area contributed by atoms with E-state index in [1.54, 1.807) is 0 Å². The fourth-order valence-electron chi connectivity index (χ4n) is 1.88. The highest BCUT2D eigenvalue weighted by Crippen LogP contribution is 2.24. The number of hydrogen-bond donors (Lipinski definition) is 1. The molecular formula is C10H21N. The van der Waals surface area contributed by atoms with Crippen molar-refractivity contribution in [2.75, 3.05) is 13.1 Å². The Hall–Kier alpha value is -0.0400. The van der Waals surface area contributed by atoms with Gasteiger partial charge in [-0.05, 0) is 24.9 Å². The Morgan fingerprint density at radius 3 is 2.45 bits per heavy atom. The molecule has 1 heteroatoms. The molecule has 1 fully saturated rings. The van der Waals surface area contributed by atoms with Crippen LogP contribution in [0.15, 0.2) is 0 Å². The molecule has 1 heterocycles. The van der Waals surface area contributed by atoms with E-state index in [1.165, 1.54) is 38.8 Å². The quantitative estimate of drug-likeness (QED) is 0.643. The molecule has 1 saturated heterocycles. The first kappa shape index (κ1) is 9.05. The number of hydrogen-bond acceptors (Lipinski definition) is 1. The van der Waals surface area contributed by atoms with Crippen molar-refractivity contribution >= 4 is 0 Å². The third kappa shape index (κ3) is 2.48. The second kappa shape index (κ2) is 4.76. The van der Waals surface area contributed by atoms with E-state index in [0.717, 1.165) is 11.8 Å². The van der Waals surface area contributed by atoms with E-state index in [0.29, 0.717) is 0 Å². The maximum Gasteiger partial charge on any atom is -0.000560 e. The summed E-state index contributed by atoms with van der Waals surface area (Å²) < 4.78 is 0. The zero-order valence-electron chi connectivity index (χ0n) is 7.90. The lowest BCUT2D eigenvalue weighted by molar-refractivity contribution is 0.213. The van der Waals surface area contributed by atoms with Crippen LogP contribution >= 0.6 is 0 Å². The molecule has 0 bridgehead atoms. The van der Waals surface area contributed by atoms with Gasteiger partial charge in [0.05, 0.1) is 0 Å². The first-order valence-corrected chi connectivity index (χ1v) is 5.09. The molecule has 0 amide bonds. The van der Waals surface area contributed by atoms with Gasteiger partial charge in [0.25, 0.3) is 0 Å². The summed E-state index contributed by atoms with van der Waals surface area (Å²) in [5.41, 5.74) is 0. The standard InChI is InChI=1S/C10H21N/c1-3-5-6-9(4-2)10-7-11-8-10/h9-11H,3-8H2,1-2H3/t9-/m0/s1. The van der Waals surface area contributed by atoms with E-state index in [-0.39, 0.29) is 0 Å². The van der Waals surface area contributed by atoms with Gasteiger partial charge in [0.15, 0.2) is 0 Å². The summed E-state index contributed by atoms with van der Waals surface area (Å²) in [5, 5.41) is 3.35. The molecule has 0 aromatic carbocycles. The van der Waals surface area contributed by atoms with E-state index in [1.807, 2.05) is 0 Å². The van der Waals surface area contributed by atoms with E-state index in [2.05, 4.69) is 19.2 Å². The molecule has 0 aromatic rings. The normalized spacial score (nSPS) is 21.3. The lowest BCUT2D eigenvalue weighted by Gasteiger charge is -2.34. The fourth-order valence-corrected chi connectivity index (χ4v) is 1.88. The van der Waals surface area contributed by atoms with Gasteiger partial charge in [-0.1, -0.05) is 39.5 Å². The summed E-state index contributed by atoms with van der Waals surface area (Å²) in [7, 11) is 0. The molecule has 0 radical (unpaired) electrons. The van der Waals surface area contributed by atoms with E-state index in [9.17, 15) is 0 Å². The van der Waals surface area contributed by atoms with Crippen molar-refractivity contribution in [3.05, 3.63) is 0 Å². The molecule has 0 unspecified atom stereocenters. The Morgan fingerprint density at radius 2 is 2.09 bits per heavy atom. The molecule has 1 rings (SSSR count). The molecular weight excluding hydrogens is 134 g/mol. The van der Waals surface area contributed by atoms with Crippen molar-refractivity contribution in [1.29, 1.82) is 0 Å². The first-order chi connectivity index (χ1) is 5.38. The van der Waals surface area contributed by atoms with Gasteiger partial charge in [0, 0.05) is 0 Å². The van der Waals surface area contributed by atoms with Gasteiger partial charge in [-0.25, -0.2) is 0 Å². The molecule has 0 aromatic heterocycles. The predicted molar refractivity (Wildman–Crippen MR) is 49.7 cm³/mol. The average molecular weight is 155 g/mol. The molecule has 11 heavy (non-hydrogen) atoms. The minimum absolute atomic E-state index is 1.01. The van der Waals surface area contributed by atoms with Crippen LogP contribution in [-0.2, 0) is 0 Å². The zero-order valence-corrected chi connectivity index (χ0v) is 7.90. The van der Waals surface area contributed by atoms with Crippen molar-refractivity contribution in [2.24, 2.45) is 11.8 Å². The Kier molecular flexibility index (Phi) is 3.92. The zero-order chi connectivity index (χ0) is 8.10. The molecule has 1 N–H and O–H groups in total. The van der Waals surface area contributed by atoms with Crippen LogP contribution in [0, 0.1) is 11.8 Å². The third-order valence-electron chi connectivity index (χ3n) is 2.93. The van der Waals surface area contributed by atoms with E-state index >= 15 is 0 Å². The summed E-state index contributed by atoms with van der Waals surface area (Å²) >= 11 is 0. The van der Waals surface area contributed by atoms with Crippen molar-refractivity contribution in [2.45, 2.75) is 39.5 Å².